The van der Waals surface area contributed by atoms with E-state index in [4.69, 9.17) is 9.97 Å². The van der Waals surface area contributed by atoms with E-state index in [0.717, 1.165) is 67.7 Å². The molecule has 14 nitrogen and oxygen atoms in total. The number of aromatic nitrogens is 14. The molecular weight excluding hydrogens is 1310 g/mol. The fraction of sp³-hybridized carbons (Fsp3) is 0.204. The van der Waals surface area contributed by atoms with E-state index < -0.39 is 0 Å². The maximum atomic E-state index is 4.87. The van der Waals surface area contributed by atoms with Crippen LogP contribution in [0.4, 0.5) is 0 Å². The number of fused-ring (bicyclic) bond motifs is 7. The van der Waals surface area contributed by atoms with Crippen molar-refractivity contribution >= 4 is 43.4 Å². The van der Waals surface area contributed by atoms with E-state index in [-0.39, 0.29) is 10.8 Å². The normalized spacial score (nSPS) is 12.5. The lowest BCUT2D eigenvalue weighted by atomic mass is 9.56. The largest absolute Gasteiger partial charge is 0.418 e. The molecule has 17 rings (SSSR count). The van der Waals surface area contributed by atoms with Gasteiger partial charge in [0.05, 0.1) is 80.9 Å². The van der Waals surface area contributed by atoms with Crippen molar-refractivity contribution in [1.82, 2.24) is 29.9 Å². The zero-order valence-corrected chi connectivity index (χ0v) is 64.6. The standard InChI is InChI=1S/C26H23N3.C23H28N4.C22H22N4.C22H21N3/c1-18-10-4-6-12-20(18)24-16-19-11-5-7-13-21(19)26(29(24)3)25-22-14-8-9-15-23(22)27-17-28(25)2;1-15-10-8-11-16-18(15)19-17(23(4,5)22(16,2)3)14-25-21(27(19)7)20-24-12-9-13-26(20)6;1-15-9-5-6-10-17(15)20-13-23-16(2)21(26(20)4)22-18-11-7-8-12-19(18)24-14-25(22)3;1-16-9-4-6-11-18(16)20-15-17-10-5-7-12-19(17)21(25(20)3)22-23-13-8-14-24(22)2/h4-17H,1-3H3;8-14H,1-7H3;5-14H,1-4H3;4-15H,1-3H3/q4*+2. The molecule has 528 valence electrons. The Balaban J connectivity index is 0.000000120. The summed E-state index contributed by atoms with van der Waals surface area (Å²) in [5.41, 5.74) is 26.2. The Labute approximate surface area is 627 Å². The molecule has 0 amide bonds. The minimum atomic E-state index is -0.0429. The van der Waals surface area contributed by atoms with Gasteiger partial charge < -0.3 is 0 Å². The first-order valence-corrected chi connectivity index (χ1v) is 36.5. The summed E-state index contributed by atoms with van der Waals surface area (Å²) in [7, 11) is 16.7. The third-order valence-corrected chi connectivity index (χ3v) is 22.2. The average Bonchev–Trinajstić information content (AvgIpc) is 0.702. The Morgan fingerprint density at radius 3 is 1.23 bits per heavy atom. The summed E-state index contributed by atoms with van der Waals surface area (Å²) in [6.07, 6.45) is 15.5. The quantitative estimate of drug-likeness (QED) is 0.147. The van der Waals surface area contributed by atoms with E-state index in [9.17, 15) is 0 Å². The monoisotopic (exact) mass is 1410 g/mol. The summed E-state index contributed by atoms with van der Waals surface area (Å²) in [6.45, 7) is 20.1. The van der Waals surface area contributed by atoms with Gasteiger partial charge in [-0.1, -0.05) is 161 Å². The number of para-hydroxylation sites is 2. The van der Waals surface area contributed by atoms with Gasteiger partial charge in [-0.15, -0.1) is 0 Å². The molecule has 8 aromatic heterocycles. The summed E-state index contributed by atoms with van der Waals surface area (Å²) in [6, 6.07) is 74.4. The van der Waals surface area contributed by atoms with Crippen molar-refractivity contribution in [1.29, 1.82) is 0 Å². The van der Waals surface area contributed by atoms with Crippen LogP contribution in [-0.2, 0) is 67.2 Å². The van der Waals surface area contributed by atoms with Gasteiger partial charge >= 0.3 is 23.2 Å². The zero-order valence-electron chi connectivity index (χ0n) is 64.6. The van der Waals surface area contributed by atoms with Crippen molar-refractivity contribution in [3.8, 4) is 91.0 Å². The lowest BCUT2D eigenvalue weighted by Crippen LogP contribution is -2.50. The van der Waals surface area contributed by atoms with Crippen molar-refractivity contribution in [3.05, 3.63) is 301 Å². The van der Waals surface area contributed by atoms with Gasteiger partial charge in [-0.2, -0.15) is 13.7 Å². The van der Waals surface area contributed by atoms with Crippen LogP contribution in [0.3, 0.4) is 0 Å². The van der Waals surface area contributed by atoms with Crippen molar-refractivity contribution in [2.24, 2.45) is 56.4 Å². The zero-order chi connectivity index (χ0) is 75.2. The average molecular weight is 1410 g/mol. The fourth-order valence-corrected chi connectivity index (χ4v) is 15.7. The first-order valence-electron chi connectivity index (χ1n) is 36.5. The van der Waals surface area contributed by atoms with E-state index in [0.29, 0.717) is 0 Å². The first kappa shape index (κ1) is 71.6. The topological polar surface area (TPSA) is 108 Å². The maximum absolute atomic E-state index is 4.87. The molecule has 0 unspecified atom stereocenters. The van der Waals surface area contributed by atoms with E-state index in [1.54, 1.807) is 0 Å². The number of hydrogen-bond donors (Lipinski definition) is 0. The molecule has 0 saturated carbocycles. The van der Waals surface area contributed by atoms with Gasteiger partial charge in [0.15, 0.2) is 11.0 Å². The molecule has 1 aliphatic rings. The van der Waals surface area contributed by atoms with Crippen LogP contribution < -0.4 is 36.5 Å². The summed E-state index contributed by atoms with van der Waals surface area (Å²) in [5.74, 6) is 2.69. The van der Waals surface area contributed by atoms with Crippen molar-refractivity contribution < 1.29 is 36.5 Å². The summed E-state index contributed by atoms with van der Waals surface area (Å²) in [4.78, 5) is 28.0. The molecule has 0 radical (unpaired) electrons. The Hall–Kier alpha value is -12.4. The first-order chi connectivity index (χ1) is 51.6. The van der Waals surface area contributed by atoms with Gasteiger partial charge in [-0.3, -0.25) is 0 Å². The van der Waals surface area contributed by atoms with Crippen LogP contribution in [0.1, 0.15) is 66.8 Å². The number of rotatable bonds is 7. The minimum Gasteiger partial charge on any atom is -0.248 e. The highest BCUT2D eigenvalue weighted by Gasteiger charge is 2.50. The summed E-state index contributed by atoms with van der Waals surface area (Å²) >= 11 is 0. The Bertz CT molecular complexity index is 6160. The number of aryl methyl sites for hydroxylation is 9. The fourth-order valence-electron chi connectivity index (χ4n) is 15.7. The van der Waals surface area contributed by atoms with Crippen molar-refractivity contribution in [3.63, 3.8) is 0 Å². The third-order valence-electron chi connectivity index (χ3n) is 22.2. The van der Waals surface area contributed by atoms with E-state index in [1.807, 2.05) is 99.7 Å². The second-order valence-electron chi connectivity index (χ2n) is 29.3. The minimum absolute atomic E-state index is 0.00716. The second-order valence-corrected chi connectivity index (χ2v) is 29.3. The van der Waals surface area contributed by atoms with Crippen LogP contribution >= 0.6 is 0 Å². The molecule has 8 aromatic carbocycles. The van der Waals surface area contributed by atoms with Crippen LogP contribution in [-0.4, -0.2) is 29.9 Å². The number of pyridine rings is 2. The molecule has 14 heteroatoms. The predicted molar refractivity (Wildman–Crippen MR) is 425 cm³/mol. The van der Waals surface area contributed by atoms with Gasteiger partial charge in [-0.05, 0) is 158 Å². The molecule has 0 N–H and O–H groups in total. The lowest BCUT2D eigenvalue weighted by Gasteiger charge is -2.47. The SMILES string of the molecule is Cc1cccc2c1-c1c(cnc(-c3nccc[n+]3C)[n+]1C)C(C)(C)C2(C)C.Cc1ccccc1-c1cc2ccccc2c(-c2c3ccccc3nc[n+]2C)[n+]1C.Cc1ccccc1-c1cc2ccccc2c(-c2nccc[n+]2C)[n+]1C.Cc1ccccc1-c1cnc(C)c(-c2c3ccccc3nc[n+]2C)[n+]1C. The maximum Gasteiger partial charge on any atom is 0.418 e. The molecule has 8 heterocycles. The lowest BCUT2D eigenvalue weighted by molar-refractivity contribution is -0.689. The molecule has 0 bridgehead atoms. The third kappa shape index (κ3) is 13.0. The van der Waals surface area contributed by atoms with E-state index >= 15 is 0 Å². The second kappa shape index (κ2) is 29.3. The summed E-state index contributed by atoms with van der Waals surface area (Å²) in [5, 5.41) is 7.18. The Morgan fingerprint density at radius 2 is 0.710 bits per heavy atom. The van der Waals surface area contributed by atoms with Gasteiger partial charge in [0.25, 0.3) is 24.0 Å². The van der Waals surface area contributed by atoms with Crippen LogP contribution in [0.15, 0.2) is 262 Å². The van der Waals surface area contributed by atoms with Crippen LogP contribution in [0.25, 0.3) is 134 Å². The molecule has 0 aliphatic heterocycles. The van der Waals surface area contributed by atoms with Crippen molar-refractivity contribution in [2.45, 2.75) is 73.1 Å². The molecule has 0 atom stereocenters. The molecule has 107 heavy (non-hydrogen) atoms. The molecule has 1 aliphatic carbocycles. The van der Waals surface area contributed by atoms with E-state index in [2.05, 4.69) is 338 Å². The van der Waals surface area contributed by atoms with E-state index in [1.165, 1.54) is 106 Å². The highest BCUT2D eigenvalue weighted by atomic mass is 15.1. The Kier molecular flexibility index (Phi) is 19.6. The highest BCUT2D eigenvalue weighted by Crippen LogP contribution is 2.53. The highest BCUT2D eigenvalue weighted by molar-refractivity contribution is 6.00. The van der Waals surface area contributed by atoms with Crippen molar-refractivity contribution in [2.75, 3.05) is 0 Å². The predicted octanol–water partition coefficient (Wildman–Crippen LogP) is 14.8. The molecular formula is C93H94N14+8. The Morgan fingerprint density at radius 1 is 0.290 bits per heavy atom. The van der Waals surface area contributed by atoms with Crippen LogP contribution in [0.2, 0.25) is 0 Å². The molecule has 0 spiro atoms. The van der Waals surface area contributed by atoms with Gasteiger partial charge in [0, 0.05) is 51.9 Å². The van der Waals surface area contributed by atoms with Gasteiger partial charge in [0.2, 0.25) is 28.5 Å². The number of benzene rings is 8. The molecule has 16 aromatic rings. The van der Waals surface area contributed by atoms with Crippen LogP contribution in [0, 0.1) is 34.6 Å². The molecule has 0 fully saturated rings. The smallest absolute Gasteiger partial charge is 0.248 e. The summed E-state index contributed by atoms with van der Waals surface area (Å²) < 4.78 is 17.3. The molecule has 0 saturated heterocycles. The number of nitrogens with zero attached hydrogens (tertiary/aromatic N) is 14. The van der Waals surface area contributed by atoms with Crippen LogP contribution in [0.5, 0.6) is 0 Å². The number of hydrogen-bond acceptors (Lipinski definition) is 6. The van der Waals surface area contributed by atoms with Gasteiger partial charge in [-0.25, -0.2) is 27.8 Å². The van der Waals surface area contributed by atoms with Gasteiger partial charge in [0.1, 0.15) is 51.1 Å².